The zero-order valence-electron chi connectivity index (χ0n) is 11.9. The lowest BCUT2D eigenvalue weighted by molar-refractivity contribution is 0.191. The van der Waals surface area contributed by atoms with Crippen molar-refractivity contribution in [2.24, 2.45) is 0 Å². The molecule has 1 saturated carbocycles. The van der Waals surface area contributed by atoms with Crippen molar-refractivity contribution in [2.45, 2.75) is 31.2 Å². The molecule has 0 aliphatic heterocycles. The van der Waals surface area contributed by atoms with Gasteiger partial charge in [0.2, 0.25) is 5.89 Å². The average Bonchev–Trinajstić information content (AvgIpc) is 2.91. The normalized spacial score (nSPS) is 16.5. The van der Waals surface area contributed by atoms with E-state index in [2.05, 4.69) is 15.5 Å². The number of methoxy groups -OCH3 is 1. The van der Waals surface area contributed by atoms with Crippen molar-refractivity contribution in [1.82, 2.24) is 10.1 Å². The number of hydrogen-bond acceptors (Lipinski definition) is 5. The van der Waals surface area contributed by atoms with Gasteiger partial charge < -0.3 is 14.6 Å². The Morgan fingerprint density at radius 2 is 2.10 bits per heavy atom. The number of ether oxygens (including phenoxy) is 1. The topological polar surface area (TPSA) is 60.2 Å². The molecule has 1 heterocycles. The maximum Gasteiger partial charge on any atom is 0.229 e. The van der Waals surface area contributed by atoms with E-state index in [0.717, 1.165) is 35.8 Å². The third-order valence-corrected chi connectivity index (χ3v) is 4.10. The van der Waals surface area contributed by atoms with E-state index in [0.29, 0.717) is 18.9 Å². The molecule has 1 aromatic carbocycles. The molecule has 1 fully saturated rings. The van der Waals surface area contributed by atoms with Crippen molar-refractivity contribution >= 4 is 17.3 Å². The highest BCUT2D eigenvalue weighted by Crippen LogP contribution is 2.42. The van der Waals surface area contributed by atoms with Gasteiger partial charge in [0.05, 0.1) is 13.0 Å². The van der Waals surface area contributed by atoms with Crippen LogP contribution in [0.5, 0.6) is 0 Å². The summed E-state index contributed by atoms with van der Waals surface area (Å²) in [6.07, 6.45) is 3.79. The van der Waals surface area contributed by atoms with Crippen LogP contribution in [0.25, 0.3) is 0 Å². The fourth-order valence-corrected chi connectivity index (χ4v) is 2.61. The molecule has 3 rings (SSSR count). The fraction of sp³-hybridized carbons (Fsp3) is 0.467. The summed E-state index contributed by atoms with van der Waals surface area (Å²) in [5, 5.41) is 8.40. The zero-order chi connectivity index (χ0) is 14.7. The van der Waals surface area contributed by atoms with Crippen molar-refractivity contribution in [3.05, 3.63) is 41.0 Å². The van der Waals surface area contributed by atoms with Crippen LogP contribution in [-0.2, 0) is 16.7 Å². The van der Waals surface area contributed by atoms with Gasteiger partial charge in [-0.05, 0) is 43.5 Å². The van der Waals surface area contributed by atoms with E-state index in [1.807, 2.05) is 24.3 Å². The van der Waals surface area contributed by atoms with Crippen LogP contribution in [0, 0.1) is 0 Å². The first-order chi connectivity index (χ1) is 10.2. The minimum absolute atomic E-state index is 0.220. The Hall–Kier alpha value is -1.59. The SMILES string of the molecule is COCCc1nc(C2(Nc3ccc(Cl)cc3)CCC2)no1. The summed E-state index contributed by atoms with van der Waals surface area (Å²) >= 11 is 5.92. The second kappa shape index (κ2) is 6.03. The molecule has 0 atom stereocenters. The standard InChI is InChI=1S/C15H18ClN3O2/c1-20-10-7-13-17-14(19-21-13)15(8-2-9-15)18-12-5-3-11(16)4-6-12/h3-6,18H,2,7-10H2,1H3. The van der Waals surface area contributed by atoms with Crippen molar-refractivity contribution < 1.29 is 9.26 Å². The number of nitrogens with one attached hydrogen (secondary N) is 1. The minimum Gasteiger partial charge on any atom is -0.384 e. The minimum atomic E-state index is -0.220. The van der Waals surface area contributed by atoms with Gasteiger partial charge in [-0.25, -0.2) is 0 Å². The summed E-state index contributed by atoms with van der Waals surface area (Å²) in [5.41, 5.74) is 0.796. The molecule has 1 aromatic heterocycles. The number of hydrogen-bond donors (Lipinski definition) is 1. The molecule has 1 aliphatic carbocycles. The van der Waals surface area contributed by atoms with E-state index < -0.39 is 0 Å². The Balaban J connectivity index is 1.76. The Bertz CT molecular complexity index is 593. The van der Waals surface area contributed by atoms with Crippen LogP contribution in [0.4, 0.5) is 5.69 Å². The maximum absolute atomic E-state index is 5.92. The molecular formula is C15H18ClN3O2. The van der Waals surface area contributed by atoms with Gasteiger partial charge in [0, 0.05) is 17.8 Å². The second-order valence-electron chi connectivity index (χ2n) is 5.32. The predicted molar refractivity (Wildman–Crippen MR) is 80.5 cm³/mol. The number of anilines is 1. The van der Waals surface area contributed by atoms with E-state index in [1.165, 1.54) is 0 Å². The first-order valence-electron chi connectivity index (χ1n) is 7.08. The van der Waals surface area contributed by atoms with Crippen molar-refractivity contribution in [3.8, 4) is 0 Å². The second-order valence-corrected chi connectivity index (χ2v) is 5.76. The number of aromatic nitrogens is 2. The highest BCUT2D eigenvalue weighted by Gasteiger charge is 2.43. The average molecular weight is 308 g/mol. The van der Waals surface area contributed by atoms with Crippen LogP contribution >= 0.6 is 11.6 Å². The van der Waals surface area contributed by atoms with Gasteiger partial charge in [-0.15, -0.1) is 0 Å². The van der Waals surface area contributed by atoms with E-state index >= 15 is 0 Å². The van der Waals surface area contributed by atoms with Gasteiger partial charge in [0.25, 0.3) is 0 Å². The van der Waals surface area contributed by atoms with Crippen LogP contribution < -0.4 is 5.32 Å². The number of benzene rings is 1. The van der Waals surface area contributed by atoms with Gasteiger partial charge >= 0.3 is 0 Å². The van der Waals surface area contributed by atoms with Crippen LogP contribution in [0.3, 0.4) is 0 Å². The molecule has 1 aliphatic rings. The zero-order valence-corrected chi connectivity index (χ0v) is 12.7. The lowest BCUT2D eigenvalue weighted by atomic mass is 9.76. The molecule has 5 nitrogen and oxygen atoms in total. The summed E-state index contributed by atoms with van der Waals surface area (Å²) < 4.78 is 10.3. The molecule has 2 aromatic rings. The molecule has 0 amide bonds. The molecule has 0 unspecified atom stereocenters. The first-order valence-corrected chi connectivity index (χ1v) is 7.45. The van der Waals surface area contributed by atoms with E-state index in [-0.39, 0.29) is 5.54 Å². The number of rotatable bonds is 6. The Labute approximate surface area is 128 Å². The van der Waals surface area contributed by atoms with Crippen LogP contribution in [-0.4, -0.2) is 23.9 Å². The van der Waals surface area contributed by atoms with Crippen molar-refractivity contribution in [3.63, 3.8) is 0 Å². The van der Waals surface area contributed by atoms with Crippen molar-refractivity contribution in [1.29, 1.82) is 0 Å². The van der Waals surface area contributed by atoms with Crippen LogP contribution in [0.15, 0.2) is 28.8 Å². The lowest BCUT2D eigenvalue weighted by Crippen LogP contribution is -2.43. The summed E-state index contributed by atoms with van der Waals surface area (Å²) in [4.78, 5) is 4.51. The molecule has 6 heteroatoms. The summed E-state index contributed by atoms with van der Waals surface area (Å²) in [6, 6.07) is 7.68. The van der Waals surface area contributed by atoms with Gasteiger partial charge in [0.15, 0.2) is 5.82 Å². The van der Waals surface area contributed by atoms with Crippen LogP contribution in [0.1, 0.15) is 31.0 Å². The van der Waals surface area contributed by atoms with Gasteiger partial charge in [0.1, 0.15) is 5.54 Å². The largest absolute Gasteiger partial charge is 0.384 e. The Morgan fingerprint density at radius 3 is 2.71 bits per heavy atom. The molecule has 1 N–H and O–H groups in total. The van der Waals surface area contributed by atoms with E-state index in [1.54, 1.807) is 7.11 Å². The molecule has 0 bridgehead atoms. The van der Waals surface area contributed by atoms with E-state index in [4.69, 9.17) is 20.9 Å². The van der Waals surface area contributed by atoms with Crippen molar-refractivity contribution in [2.75, 3.05) is 19.0 Å². The molecule has 21 heavy (non-hydrogen) atoms. The third-order valence-electron chi connectivity index (χ3n) is 3.85. The summed E-state index contributed by atoms with van der Waals surface area (Å²) in [7, 11) is 1.66. The smallest absolute Gasteiger partial charge is 0.229 e. The maximum atomic E-state index is 5.92. The van der Waals surface area contributed by atoms with Gasteiger partial charge in [-0.2, -0.15) is 4.98 Å². The van der Waals surface area contributed by atoms with Crippen LogP contribution in [0.2, 0.25) is 5.02 Å². The lowest BCUT2D eigenvalue weighted by Gasteiger charge is -2.40. The monoisotopic (exact) mass is 307 g/mol. The first kappa shape index (κ1) is 14.4. The predicted octanol–water partition coefficient (Wildman–Crippen LogP) is 3.40. The van der Waals surface area contributed by atoms with Gasteiger partial charge in [-0.1, -0.05) is 16.8 Å². The Kier molecular flexibility index (Phi) is 4.12. The number of halogens is 1. The summed E-state index contributed by atoms with van der Waals surface area (Å²) in [6.45, 7) is 0.583. The third kappa shape index (κ3) is 3.04. The molecule has 0 saturated heterocycles. The highest BCUT2D eigenvalue weighted by atomic mass is 35.5. The Morgan fingerprint density at radius 1 is 1.33 bits per heavy atom. The molecule has 0 radical (unpaired) electrons. The molecule has 0 spiro atoms. The summed E-state index contributed by atoms with van der Waals surface area (Å²) in [5.74, 6) is 1.35. The fourth-order valence-electron chi connectivity index (χ4n) is 2.48. The quantitative estimate of drug-likeness (QED) is 0.886. The van der Waals surface area contributed by atoms with Gasteiger partial charge in [-0.3, -0.25) is 0 Å². The van der Waals surface area contributed by atoms with E-state index in [9.17, 15) is 0 Å². The molecular weight excluding hydrogens is 290 g/mol. The highest BCUT2D eigenvalue weighted by molar-refractivity contribution is 6.30. The molecule has 112 valence electrons. The number of nitrogens with zero attached hydrogens (tertiary/aromatic N) is 2.